The Hall–Kier alpha value is -1.09. The van der Waals surface area contributed by atoms with Crippen LogP contribution in [-0.2, 0) is 12.4 Å². The molecule has 0 bridgehead atoms. The van der Waals surface area contributed by atoms with E-state index in [1.807, 2.05) is 11.7 Å². The van der Waals surface area contributed by atoms with Gasteiger partial charge < -0.3 is 0 Å². The van der Waals surface area contributed by atoms with Crippen molar-refractivity contribution in [3.8, 4) is 11.1 Å². The normalized spacial score (nSPS) is 11.1. The van der Waals surface area contributed by atoms with Crippen LogP contribution in [0.25, 0.3) is 11.1 Å². The van der Waals surface area contributed by atoms with Gasteiger partial charge in [0.1, 0.15) is 0 Å². The standard InChI is InChI=1S/C14H17BrN2/c1-10(2)14-13(9-17(3)16-14)12-6-4-11(8-15)5-7-12/h4-7,9-10H,8H2,1-3H3. The summed E-state index contributed by atoms with van der Waals surface area (Å²) in [6.07, 6.45) is 2.10. The molecule has 1 aromatic heterocycles. The van der Waals surface area contributed by atoms with Crippen LogP contribution in [0.2, 0.25) is 0 Å². The van der Waals surface area contributed by atoms with E-state index < -0.39 is 0 Å². The Morgan fingerprint density at radius 1 is 1.24 bits per heavy atom. The van der Waals surface area contributed by atoms with Crippen LogP contribution in [0.4, 0.5) is 0 Å². The van der Waals surface area contributed by atoms with Crippen molar-refractivity contribution in [3.63, 3.8) is 0 Å². The number of alkyl halides is 1. The summed E-state index contributed by atoms with van der Waals surface area (Å²) in [7, 11) is 1.97. The molecule has 0 aliphatic carbocycles. The Morgan fingerprint density at radius 3 is 2.41 bits per heavy atom. The molecule has 1 heterocycles. The van der Waals surface area contributed by atoms with Crippen LogP contribution in [0.1, 0.15) is 31.0 Å². The van der Waals surface area contributed by atoms with Crippen LogP contribution < -0.4 is 0 Å². The van der Waals surface area contributed by atoms with E-state index in [-0.39, 0.29) is 0 Å². The van der Waals surface area contributed by atoms with Crippen LogP contribution in [0.5, 0.6) is 0 Å². The summed E-state index contributed by atoms with van der Waals surface area (Å²) in [6, 6.07) is 8.64. The van der Waals surface area contributed by atoms with Crippen molar-refractivity contribution >= 4 is 15.9 Å². The van der Waals surface area contributed by atoms with E-state index >= 15 is 0 Å². The highest BCUT2D eigenvalue weighted by atomic mass is 79.9. The van der Waals surface area contributed by atoms with Gasteiger partial charge >= 0.3 is 0 Å². The molecule has 0 unspecified atom stereocenters. The first-order valence-corrected chi connectivity index (χ1v) is 6.92. The maximum absolute atomic E-state index is 4.54. The van der Waals surface area contributed by atoms with Crippen molar-refractivity contribution in [2.24, 2.45) is 7.05 Å². The predicted molar refractivity (Wildman–Crippen MR) is 75.4 cm³/mol. The maximum atomic E-state index is 4.54. The summed E-state index contributed by atoms with van der Waals surface area (Å²) >= 11 is 3.46. The summed E-state index contributed by atoms with van der Waals surface area (Å²) in [4.78, 5) is 0. The largest absolute Gasteiger partial charge is 0.275 e. The Labute approximate surface area is 111 Å². The molecule has 0 fully saturated rings. The summed E-state index contributed by atoms with van der Waals surface area (Å²) in [6.45, 7) is 4.36. The Bertz CT molecular complexity index is 497. The van der Waals surface area contributed by atoms with Gasteiger partial charge in [0.25, 0.3) is 0 Å². The second kappa shape index (κ2) is 5.05. The molecular formula is C14H17BrN2. The molecule has 0 spiro atoms. The number of nitrogens with zero attached hydrogens (tertiary/aromatic N) is 2. The van der Waals surface area contributed by atoms with Crippen LogP contribution in [0.15, 0.2) is 30.5 Å². The lowest BCUT2D eigenvalue weighted by Crippen LogP contribution is -1.93. The molecule has 2 rings (SSSR count). The van der Waals surface area contributed by atoms with Crippen LogP contribution in [-0.4, -0.2) is 9.78 Å². The summed E-state index contributed by atoms with van der Waals surface area (Å²) in [5.41, 5.74) is 4.94. The van der Waals surface area contributed by atoms with Gasteiger partial charge in [-0.2, -0.15) is 5.10 Å². The molecule has 2 aromatic rings. The van der Waals surface area contributed by atoms with E-state index in [1.165, 1.54) is 22.4 Å². The lowest BCUT2D eigenvalue weighted by molar-refractivity contribution is 0.713. The highest BCUT2D eigenvalue weighted by molar-refractivity contribution is 9.08. The lowest BCUT2D eigenvalue weighted by Gasteiger charge is -2.05. The molecule has 17 heavy (non-hydrogen) atoms. The summed E-state index contributed by atoms with van der Waals surface area (Å²) in [5, 5.41) is 5.44. The SMILES string of the molecule is CC(C)c1nn(C)cc1-c1ccc(CBr)cc1. The van der Waals surface area contributed by atoms with Crippen LogP contribution in [0, 0.1) is 0 Å². The van der Waals surface area contributed by atoms with Gasteiger partial charge in [0.05, 0.1) is 5.69 Å². The molecule has 0 aliphatic rings. The minimum absolute atomic E-state index is 0.446. The second-order valence-electron chi connectivity index (χ2n) is 4.59. The second-order valence-corrected chi connectivity index (χ2v) is 5.15. The van der Waals surface area contributed by atoms with E-state index in [0.29, 0.717) is 5.92 Å². The quantitative estimate of drug-likeness (QED) is 0.779. The van der Waals surface area contributed by atoms with Crippen molar-refractivity contribution in [1.82, 2.24) is 9.78 Å². The zero-order chi connectivity index (χ0) is 12.4. The molecule has 0 N–H and O–H groups in total. The zero-order valence-electron chi connectivity index (χ0n) is 10.4. The lowest BCUT2D eigenvalue weighted by atomic mass is 9.99. The molecule has 90 valence electrons. The highest BCUT2D eigenvalue weighted by Crippen LogP contribution is 2.28. The molecule has 0 radical (unpaired) electrons. The predicted octanol–water partition coefficient (Wildman–Crippen LogP) is 4.11. The van der Waals surface area contributed by atoms with Gasteiger partial charge in [0.15, 0.2) is 0 Å². The van der Waals surface area contributed by atoms with Crippen molar-refractivity contribution < 1.29 is 0 Å². The molecule has 3 heteroatoms. The fraction of sp³-hybridized carbons (Fsp3) is 0.357. The van der Waals surface area contributed by atoms with Gasteiger partial charge in [-0.05, 0) is 17.0 Å². The molecule has 0 amide bonds. The van der Waals surface area contributed by atoms with E-state index in [0.717, 1.165) is 5.33 Å². The fourth-order valence-corrected chi connectivity index (χ4v) is 2.30. The highest BCUT2D eigenvalue weighted by Gasteiger charge is 2.12. The third-order valence-electron chi connectivity index (χ3n) is 2.82. The minimum Gasteiger partial charge on any atom is -0.275 e. The summed E-state index contributed by atoms with van der Waals surface area (Å²) in [5.74, 6) is 0.446. The summed E-state index contributed by atoms with van der Waals surface area (Å²) < 4.78 is 1.89. The van der Waals surface area contributed by atoms with Gasteiger partial charge in [-0.3, -0.25) is 4.68 Å². The molecule has 1 aromatic carbocycles. The molecule has 0 atom stereocenters. The van der Waals surface area contributed by atoms with Crippen LogP contribution in [0.3, 0.4) is 0 Å². The monoisotopic (exact) mass is 292 g/mol. The first-order chi connectivity index (χ1) is 8.11. The Morgan fingerprint density at radius 2 is 1.88 bits per heavy atom. The van der Waals surface area contributed by atoms with Crippen molar-refractivity contribution in [2.75, 3.05) is 0 Å². The number of benzene rings is 1. The van der Waals surface area contributed by atoms with Gasteiger partial charge in [0.2, 0.25) is 0 Å². The van der Waals surface area contributed by atoms with E-state index in [2.05, 4.69) is 65.3 Å². The number of hydrogen-bond acceptors (Lipinski definition) is 1. The minimum atomic E-state index is 0.446. The van der Waals surface area contributed by atoms with Crippen molar-refractivity contribution in [2.45, 2.75) is 25.1 Å². The first-order valence-electron chi connectivity index (χ1n) is 5.80. The number of aromatic nitrogens is 2. The van der Waals surface area contributed by atoms with Crippen molar-refractivity contribution in [3.05, 3.63) is 41.7 Å². The molecule has 0 saturated heterocycles. The number of rotatable bonds is 3. The van der Waals surface area contributed by atoms with Crippen molar-refractivity contribution in [1.29, 1.82) is 0 Å². The maximum Gasteiger partial charge on any atom is 0.0728 e. The first kappa shape index (κ1) is 12.4. The van der Waals surface area contributed by atoms with E-state index in [4.69, 9.17) is 0 Å². The van der Waals surface area contributed by atoms with Gasteiger partial charge in [-0.15, -0.1) is 0 Å². The van der Waals surface area contributed by atoms with E-state index in [1.54, 1.807) is 0 Å². The molecule has 0 aliphatic heterocycles. The van der Waals surface area contributed by atoms with Crippen LogP contribution >= 0.6 is 15.9 Å². The zero-order valence-corrected chi connectivity index (χ0v) is 12.0. The van der Waals surface area contributed by atoms with E-state index in [9.17, 15) is 0 Å². The molecule has 0 saturated carbocycles. The number of hydrogen-bond donors (Lipinski definition) is 0. The third kappa shape index (κ3) is 2.60. The Kier molecular flexibility index (Phi) is 3.67. The third-order valence-corrected chi connectivity index (χ3v) is 3.47. The molecular weight excluding hydrogens is 276 g/mol. The average Bonchev–Trinajstić information content (AvgIpc) is 2.72. The Balaban J connectivity index is 2.44. The van der Waals surface area contributed by atoms with Gasteiger partial charge in [0, 0.05) is 24.1 Å². The molecule has 2 nitrogen and oxygen atoms in total. The van der Waals surface area contributed by atoms with Gasteiger partial charge in [-0.25, -0.2) is 0 Å². The fourth-order valence-electron chi connectivity index (χ4n) is 1.93. The van der Waals surface area contributed by atoms with Gasteiger partial charge in [-0.1, -0.05) is 54.0 Å². The number of aryl methyl sites for hydroxylation is 1. The topological polar surface area (TPSA) is 17.8 Å². The number of halogens is 1. The smallest absolute Gasteiger partial charge is 0.0728 e. The average molecular weight is 293 g/mol.